The number of rotatable bonds is 6. The van der Waals surface area contributed by atoms with Crippen LogP contribution in [0, 0.1) is 0 Å². The van der Waals surface area contributed by atoms with Gasteiger partial charge >= 0.3 is 6.18 Å². The topological polar surface area (TPSA) is 110 Å². The maximum absolute atomic E-state index is 13.3. The first kappa shape index (κ1) is 21.8. The fraction of sp³-hybridized carbons (Fsp3) is 0.211. The summed E-state index contributed by atoms with van der Waals surface area (Å²) in [6.45, 7) is 1.94. The van der Waals surface area contributed by atoms with Crippen molar-refractivity contribution in [3.05, 3.63) is 59.8 Å². The van der Waals surface area contributed by atoms with Gasteiger partial charge in [-0.1, -0.05) is 12.1 Å². The highest BCUT2D eigenvalue weighted by Crippen LogP contribution is 2.34. The Kier molecular flexibility index (Phi) is 5.88. The molecule has 4 N–H and O–H groups in total. The number of sulfonamides is 1. The third kappa shape index (κ3) is 4.48. The highest BCUT2D eigenvalue weighted by Gasteiger charge is 2.35. The zero-order valence-electron chi connectivity index (χ0n) is 15.8. The average molecular weight is 440 g/mol. The van der Waals surface area contributed by atoms with E-state index in [0.717, 1.165) is 22.5 Å². The van der Waals surface area contributed by atoms with E-state index in [1.165, 1.54) is 12.1 Å². The van der Waals surface area contributed by atoms with Crippen LogP contribution in [-0.4, -0.2) is 29.8 Å². The Morgan fingerprint density at radius 3 is 2.33 bits per heavy atom. The smallest absolute Gasteiger partial charge is 0.392 e. The lowest BCUT2D eigenvalue weighted by molar-refractivity contribution is -0.141. The number of alkyl halides is 3. The van der Waals surface area contributed by atoms with Gasteiger partial charge < -0.3 is 10.4 Å². The van der Waals surface area contributed by atoms with E-state index in [1.807, 2.05) is 6.92 Å². The maximum Gasteiger partial charge on any atom is 0.435 e. The van der Waals surface area contributed by atoms with Gasteiger partial charge in [0.05, 0.1) is 22.9 Å². The molecule has 7 nitrogen and oxygen atoms in total. The molecule has 0 aliphatic rings. The van der Waals surface area contributed by atoms with Crippen LogP contribution in [0.15, 0.2) is 53.4 Å². The average Bonchev–Trinajstić information content (AvgIpc) is 3.13. The first-order valence-corrected chi connectivity index (χ1v) is 10.4. The van der Waals surface area contributed by atoms with Crippen molar-refractivity contribution in [3.8, 4) is 16.9 Å². The van der Waals surface area contributed by atoms with Crippen LogP contribution in [-0.2, 0) is 22.8 Å². The molecule has 11 heteroatoms. The monoisotopic (exact) mass is 440 g/mol. The fourth-order valence-corrected chi connectivity index (χ4v) is 3.73. The summed E-state index contributed by atoms with van der Waals surface area (Å²) < 4.78 is 64.3. The normalized spacial score (nSPS) is 12.2. The number of hydrogen-bond acceptors (Lipinski definition) is 5. The van der Waals surface area contributed by atoms with Gasteiger partial charge in [-0.05, 0) is 48.9 Å². The van der Waals surface area contributed by atoms with Crippen LogP contribution < -0.4 is 10.5 Å². The molecule has 0 saturated carbocycles. The molecule has 0 spiro atoms. The lowest BCUT2D eigenvalue weighted by Gasteiger charge is -2.12. The zero-order chi connectivity index (χ0) is 22.1. The molecule has 0 bridgehead atoms. The summed E-state index contributed by atoms with van der Waals surface area (Å²) in [5, 5.41) is 21.4. The van der Waals surface area contributed by atoms with E-state index in [0.29, 0.717) is 12.1 Å². The molecule has 0 aliphatic heterocycles. The molecule has 160 valence electrons. The van der Waals surface area contributed by atoms with E-state index in [1.54, 1.807) is 24.3 Å². The van der Waals surface area contributed by atoms with E-state index < -0.39 is 28.5 Å². The van der Waals surface area contributed by atoms with Crippen molar-refractivity contribution in [3.63, 3.8) is 0 Å². The van der Waals surface area contributed by atoms with Crippen LogP contribution in [0.5, 0.6) is 0 Å². The fourth-order valence-electron chi connectivity index (χ4n) is 2.98. The lowest BCUT2D eigenvalue weighted by atomic mass is 10.1. The molecule has 0 amide bonds. The van der Waals surface area contributed by atoms with Gasteiger partial charge in [0.25, 0.3) is 0 Å². The van der Waals surface area contributed by atoms with Crippen molar-refractivity contribution in [2.24, 2.45) is 5.14 Å². The van der Waals surface area contributed by atoms with Gasteiger partial charge in [0.15, 0.2) is 5.69 Å². The highest BCUT2D eigenvalue weighted by molar-refractivity contribution is 7.89. The molecule has 0 fully saturated rings. The van der Waals surface area contributed by atoms with Gasteiger partial charge in [-0.15, -0.1) is 0 Å². The van der Waals surface area contributed by atoms with Gasteiger partial charge in [-0.3, -0.25) is 0 Å². The van der Waals surface area contributed by atoms with Gasteiger partial charge in [-0.25, -0.2) is 18.2 Å². The molecule has 0 aliphatic carbocycles. The second kappa shape index (κ2) is 8.09. The second-order valence-corrected chi connectivity index (χ2v) is 7.96. The SMILES string of the molecule is CCNc1ccc(-c2cc(C(F)(F)F)nn2-c2ccc(S(N)(=O)=O)c(CO)c2)cc1. The predicted octanol–water partition coefficient (Wildman–Crippen LogP) is 3.13. The minimum absolute atomic E-state index is 0.0486. The number of nitrogens with one attached hydrogen (secondary N) is 1. The molecular weight excluding hydrogens is 421 g/mol. The summed E-state index contributed by atoms with van der Waals surface area (Å²) in [4.78, 5) is -0.312. The van der Waals surface area contributed by atoms with E-state index in [2.05, 4.69) is 10.4 Å². The number of aliphatic hydroxyl groups excluding tert-OH is 1. The van der Waals surface area contributed by atoms with Gasteiger partial charge in [0.2, 0.25) is 10.0 Å². The van der Waals surface area contributed by atoms with E-state index in [4.69, 9.17) is 5.14 Å². The molecule has 0 saturated heterocycles. The number of nitrogens with two attached hydrogens (primary N) is 1. The number of primary sulfonamides is 1. The first-order chi connectivity index (χ1) is 14.0. The number of aliphatic hydroxyl groups is 1. The van der Waals surface area contributed by atoms with E-state index in [-0.39, 0.29) is 21.8 Å². The summed E-state index contributed by atoms with van der Waals surface area (Å²) in [6, 6.07) is 11.3. The molecular formula is C19H19F3N4O3S. The van der Waals surface area contributed by atoms with Crippen LogP contribution in [0.25, 0.3) is 16.9 Å². The number of halogens is 3. The molecule has 3 aromatic rings. The largest absolute Gasteiger partial charge is 0.435 e. The summed E-state index contributed by atoms with van der Waals surface area (Å²) in [6.07, 6.45) is -4.68. The van der Waals surface area contributed by atoms with Crippen molar-refractivity contribution >= 4 is 15.7 Å². The Morgan fingerprint density at radius 2 is 1.80 bits per heavy atom. The van der Waals surface area contributed by atoms with Crippen LogP contribution >= 0.6 is 0 Å². The van der Waals surface area contributed by atoms with Crippen LogP contribution in [0.1, 0.15) is 18.2 Å². The predicted molar refractivity (Wildman–Crippen MR) is 105 cm³/mol. The van der Waals surface area contributed by atoms with E-state index >= 15 is 0 Å². The number of anilines is 1. The number of aromatic nitrogens is 2. The quantitative estimate of drug-likeness (QED) is 0.546. The molecule has 0 atom stereocenters. The van der Waals surface area contributed by atoms with Crippen molar-refractivity contribution < 1.29 is 26.7 Å². The summed E-state index contributed by atoms with van der Waals surface area (Å²) in [5.74, 6) is 0. The molecule has 30 heavy (non-hydrogen) atoms. The van der Waals surface area contributed by atoms with Crippen LogP contribution in [0.4, 0.5) is 18.9 Å². The highest BCUT2D eigenvalue weighted by atomic mass is 32.2. The molecule has 1 heterocycles. The van der Waals surface area contributed by atoms with Crippen molar-refractivity contribution in [2.75, 3.05) is 11.9 Å². The standard InChI is InChI=1S/C19H19F3N4O3S/c1-2-24-14-5-3-12(4-6-14)16-10-18(19(20,21)22)25-26(16)15-7-8-17(30(23,28)29)13(9-15)11-27/h3-10,24,27H,2,11H2,1H3,(H2,23,28,29). The van der Waals surface area contributed by atoms with Gasteiger partial charge in [0, 0.05) is 17.8 Å². The van der Waals surface area contributed by atoms with Crippen LogP contribution in [0.3, 0.4) is 0 Å². The molecule has 0 unspecified atom stereocenters. The maximum atomic E-state index is 13.3. The lowest BCUT2D eigenvalue weighted by Crippen LogP contribution is -2.15. The molecule has 3 rings (SSSR count). The van der Waals surface area contributed by atoms with Crippen molar-refractivity contribution in [1.29, 1.82) is 0 Å². The van der Waals surface area contributed by atoms with Gasteiger partial charge in [-0.2, -0.15) is 18.3 Å². The Morgan fingerprint density at radius 1 is 1.13 bits per heavy atom. The van der Waals surface area contributed by atoms with Gasteiger partial charge in [0.1, 0.15) is 0 Å². The first-order valence-electron chi connectivity index (χ1n) is 8.83. The summed E-state index contributed by atoms with van der Waals surface area (Å²) in [5.41, 5.74) is 0.427. The minimum Gasteiger partial charge on any atom is -0.392 e. The third-order valence-electron chi connectivity index (χ3n) is 4.33. The zero-order valence-corrected chi connectivity index (χ0v) is 16.6. The number of benzene rings is 2. The Hall–Kier alpha value is -2.89. The second-order valence-electron chi connectivity index (χ2n) is 6.43. The number of hydrogen-bond donors (Lipinski definition) is 3. The van der Waals surface area contributed by atoms with Crippen molar-refractivity contribution in [2.45, 2.75) is 24.6 Å². The third-order valence-corrected chi connectivity index (χ3v) is 5.34. The molecule has 1 aromatic heterocycles. The van der Waals surface area contributed by atoms with Crippen LogP contribution in [0.2, 0.25) is 0 Å². The summed E-state index contributed by atoms with van der Waals surface area (Å²) >= 11 is 0. The van der Waals surface area contributed by atoms with E-state index in [9.17, 15) is 26.7 Å². The minimum atomic E-state index is -4.68. The molecule has 0 radical (unpaired) electrons. The molecule has 2 aromatic carbocycles. The Balaban J connectivity index is 2.18. The van der Waals surface area contributed by atoms with Crippen molar-refractivity contribution in [1.82, 2.24) is 9.78 Å². The Labute approximate surface area is 171 Å². The summed E-state index contributed by atoms with van der Waals surface area (Å²) in [7, 11) is -4.11. The number of nitrogens with zero attached hydrogens (tertiary/aromatic N) is 2. The Bertz CT molecular complexity index is 1160.